The SMILES string of the molecule is O=C(/C=C/c1ccccc1)NCCc1nnc(S(=O)(=O)Cc2ccccc2F)o1. The van der Waals surface area contributed by atoms with Crippen LogP contribution in [-0.4, -0.2) is 31.1 Å². The van der Waals surface area contributed by atoms with E-state index >= 15 is 0 Å². The lowest BCUT2D eigenvalue weighted by Gasteiger charge is -2.01. The Labute approximate surface area is 167 Å². The molecule has 1 heterocycles. The zero-order valence-electron chi connectivity index (χ0n) is 15.3. The summed E-state index contributed by atoms with van der Waals surface area (Å²) in [5.41, 5.74) is 0.911. The number of nitrogens with one attached hydrogen (secondary N) is 1. The highest BCUT2D eigenvalue weighted by Gasteiger charge is 2.24. The molecule has 1 aromatic heterocycles. The van der Waals surface area contributed by atoms with Crippen molar-refractivity contribution in [3.05, 3.63) is 83.5 Å². The van der Waals surface area contributed by atoms with Gasteiger partial charge < -0.3 is 9.73 Å². The van der Waals surface area contributed by atoms with Gasteiger partial charge in [0.2, 0.25) is 21.6 Å². The number of halogens is 1. The quantitative estimate of drug-likeness (QED) is 0.568. The van der Waals surface area contributed by atoms with Crippen molar-refractivity contribution >= 4 is 21.8 Å². The van der Waals surface area contributed by atoms with Crippen LogP contribution in [0.15, 0.2) is 70.3 Å². The molecule has 1 amide bonds. The molecule has 150 valence electrons. The van der Waals surface area contributed by atoms with Gasteiger partial charge in [0.25, 0.3) is 0 Å². The highest BCUT2D eigenvalue weighted by Crippen LogP contribution is 2.17. The Bertz CT molecular complexity index is 1110. The molecule has 0 aliphatic heterocycles. The van der Waals surface area contributed by atoms with E-state index in [9.17, 15) is 17.6 Å². The minimum atomic E-state index is -3.97. The molecule has 0 saturated heterocycles. The van der Waals surface area contributed by atoms with Crippen molar-refractivity contribution in [1.82, 2.24) is 15.5 Å². The van der Waals surface area contributed by atoms with Gasteiger partial charge in [0.1, 0.15) is 5.82 Å². The minimum Gasteiger partial charge on any atom is -0.412 e. The smallest absolute Gasteiger partial charge is 0.335 e. The zero-order chi connectivity index (χ0) is 20.7. The maximum absolute atomic E-state index is 13.7. The van der Waals surface area contributed by atoms with Crippen LogP contribution in [0.5, 0.6) is 0 Å². The first-order chi connectivity index (χ1) is 13.9. The van der Waals surface area contributed by atoms with Gasteiger partial charge in [-0.3, -0.25) is 4.79 Å². The van der Waals surface area contributed by atoms with E-state index in [-0.39, 0.29) is 30.3 Å². The molecule has 3 aromatic rings. The van der Waals surface area contributed by atoms with Gasteiger partial charge in [-0.2, -0.15) is 0 Å². The second-order valence-electron chi connectivity index (χ2n) is 6.10. The second-order valence-corrected chi connectivity index (χ2v) is 7.96. The summed E-state index contributed by atoms with van der Waals surface area (Å²) in [6.45, 7) is 0.187. The lowest BCUT2D eigenvalue weighted by molar-refractivity contribution is -0.116. The number of amides is 1. The van der Waals surface area contributed by atoms with Gasteiger partial charge in [-0.05, 0) is 17.7 Å². The Morgan fingerprint density at radius 2 is 1.79 bits per heavy atom. The summed E-state index contributed by atoms with van der Waals surface area (Å²) in [5, 5.41) is 9.28. The maximum Gasteiger partial charge on any atom is 0.335 e. The van der Waals surface area contributed by atoms with Crippen LogP contribution < -0.4 is 5.32 Å². The number of sulfone groups is 1. The molecule has 1 N–H and O–H groups in total. The van der Waals surface area contributed by atoms with Crippen LogP contribution in [0.3, 0.4) is 0 Å². The van der Waals surface area contributed by atoms with Gasteiger partial charge in [0.05, 0.1) is 5.75 Å². The van der Waals surface area contributed by atoms with E-state index in [0.717, 1.165) is 5.56 Å². The summed E-state index contributed by atoms with van der Waals surface area (Å²) in [7, 11) is -3.97. The Morgan fingerprint density at radius 1 is 1.07 bits per heavy atom. The fourth-order valence-corrected chi connectivity index (χ4v) is 3.59. The third kappa shape index (κ3) is 5.82. The third-order valence-electron chi connectivity index (χ3n) is 3.88. The number of hydrogen-bond acceptors (Lipinski definition) is 6. The molecule has 2 aromatic carbocycles. The molecule has 9 heteroatoms. The van der Waals surface area contributed by atoms with E-state index in [0.29, 0.717) is 0 Å². The average molecular weight is 415 g/mol. The molecule has 29 heavy (non-hydrogen) atoms. The van der Waals surface area contributed by atoms with Crippen LogP contribution >= 0.6 is 0 Å². The predicted molar refractivity (Wildman–Crippen MR) is 104 cm³/mol. The summed E-state index contributed by atoms with van der Waals surface area (Å²) in [6.07, 6.45) is 3.23. The largest absolute Gasteiger partial charge is 0.412 e. The van der Waals surface area contributed by atoms with E-state index in [1.54, 1.807) is 12.1 Å². The van der Waals surface area contributed by atoms with Crippen LogP contribution in [0.2, 0.25) is 0 Å². The lowest BCUT2D eigenvalue weighted by atomic mass is 10.2. The molecular weight excluding hydrogens is 397 g/mol. The third-order valence-corrected chi connectivity index (χ3v) is 5.27. The van der Waals surface area contributed by atoms with Crippen molar-refractivity contribution in [2.45, 2.75) is 17.4 Å². The number of nitrogens with zero attached hydrogens (tertiary/aromatic N) is 2. The molecule has 0 saturated carbocycles. The van der Waals surface area contributed by atoms with Gasteiger partial charge in [0, 0.05) is 24.6 Å². The molecule has 0 bridgehead atoms. The van der Waals surface area contributed by atoms with Gasteiger partial charge in [0.15, 0.2) is 0 Å². The van der Waals surface area contributed by atoms with Gasteiger partial charge >= 0.3 is 5.22 Å². The van der Waals surface area contributed by atoms with Crippen molar-refractivity contribution in [1.29, 1.82) is 0 Å². The van der Waals surface area contributed by atoms with E-state index in [1.165, 1.54) is 24.3 Å². The molecular formula is C20H18FN3O4S. The number of benzene rings is 2. The minimum absolute atomic E-state index is 0.0183. The molecule has 3 rings (SSSR count). The van der Waals surface area contributed by atoms with E-state index in [4.69, 9.17) is 4.42 Å². The number of carbonyl (C=O) groups is 1. The van der Waals surface area contributed by atoms with Crippen molar-refractivity contribution < 1.29 is 22.0 Å². The lowest BCUT2D eigenvalue weighted by Crippen LogP contribution is -2.23. The van der Waals surface area contributed by atoms with Crippen molar-refractivity contribution in [3.8, 4) is 0 Å². The number of carbonyl (C=O) groups excluding carboxylic acids is 1. The van der Waals surface area contributed by atoms with E-state index < -0.39 is 26.6 Å². The fourth-order valence-electron chi connectivity index (χ4n) is 2.43. The Kier molecular flexibility index (Phi) is 6.50. The first kappa shape index (κ1) is 20.4. The Balaban J connectivity index is 1.53. The molecule has 7 nitrogen and oxygen atoms in total. The molecule has 0 radical (unpaired) electrons. The molecule has 0 aliphatic carbocycles. The van der Waals surface area contributed by atoms with Crippen molar-refractivity contribution in [2.75, 3.05) is 6.54 Å². The summed E-state index contributed by atoms with van der Waals surface area (Å²) >= 11 is 0. The normalized spacial score (nSPS) is 11.6. The van der Waals surface area contributed by atoms with Gasteiger partial charge in [-0.1, -0.05) is 53.6 Å². The monoisotopic (exact) mass is 415 g/mol. The predicted octanol–water partition coefficient (Wildman–Crippen LogP) is 2.55. The molecule has 0 fully saturated rings. The maximum atomic E-state index is 13.7. The fraction of sp³-hybridized carbons (Fsp3) is 0.150. The van der Waals surface area contributed by atoms with E-state index in [1.807, 2.05) is 30.3 Å². The van der Waals surface area contributed by atoms with Gasteiger partial charge in [-0.25, -0.2) is 12.8 Å². The van der Waals surface area contributed by atoms with Crippen molar-refractivity contribution in [2.24, 2.45) is 0 Å². The van der Waals surface area contributed by atoms with Crippen LogP contribution in [0.4, 0.5) is 4.39 Å². The number of rotatable bonds is 8. The number of hydrogen-bond donors (Lipinski definition) is 1. The van der Waals surface area contributed by atoms with Gasteiger partial charge in [-0.15, -0.1) is 5.10 Å². The first-order valence-corrected chi connectivity index (χ1v) is 10.4. The summed E-state index contributed by atoms with van der Waals surface area (Å²) in [4.78, 5) is 11.8. The molecule has 0 spiro atoms. The molecule has 0 unspecified atom stereocenters. The van der Waals surface area contributed by atoms with Crippen LogP contribution in [-0.2, 0) is 26.8 Å². The molecule has 0 atom stereocenters. The Hall–Kier alpha value is -3.33. The van der Waals surface area contributed by atoms with Crippen LogP contribution in [0.1, 0.15) is 17.0 Å². The molecule has 0 aliphatic rings. The zero-order valence-corrected chi connectivity index (χ0v) is 16.1. The second kappa shape index (κ2) is 9.24. The van der Waals surface area contributed by atoms with Crippen LogP contribution in [0, 0.1) is 5.82 Å². The van der Waals surface area contributed by atoms with E-state index in [2.05, 4.69) is 15.5 Å². The average Bonchev–Trinajstić information content (AvgIpc) is 3.19. The highest BCUT2D eigenvalue weighted by atomic mass is 32.2. The highest BCUT2D eigenvalue weighted by molar-refractivity contribution is 7.90. The topological polar surface area (TPSA) is 102 Å². The van der Waals surface area contributed by atoms with Crippen molar-refractivity contribution in [3.63, 3.8) is 0 Å². The summed E-state index contributed by atoms with van der Waals surface area (Å²) < 4.78 is 43.5. The first-order valence-electron chi connectivity index (χ1n) is 8.73. The summed E-state index contributed by atoms with van der Waals surface area (Å²) in [5.74, 6) is -1.45. The summed E-state index contributed by atoms with van der Waals surface area (Å²) in [6, 6.07) is 14.9. The standard InChI is InChI=1S/C20H18FN3O4S/c21-17-9-5-4-8-16(17)14-29(26,27)20-24-23-19(28-20)12-13-22-18(25)11-10-15-6-2-1-3-7-15/h1-11H,12-14H2,(H,22,25)/b11-10+. The Morgan fingerprint density at radius 3 is 2.55 bits per heavy atom. The number of aromatic nitrogens is 2. The van der Waals surface area contributed by atoms with Crippen LogP contribution in [0.25, 0.3) is 6.08 Å².